The molecule has 4 amide bonds. The molecule has 32 heavy (non-hydrogen) atoms. The number of amides is 4. The fourth-order valence-electron chi connectivity index (χ4n) is 5.15. The van der Waals surface area contributed by atoms with Crippen molar-refractivity contribution < 1.29 is 23.9 Å². The second kappa shape index (κ2) is 8.36. The lowest BCUT2D eigenvalue weighted by atomic mass is 10.0. The summed E-state index contributed by atoms with van der Waals surface area (Å²) in [7, 11) is 0. The van der Waals surface area contributed by atoms with E-state index in [2.05, 4.69) is 15.1 Å². The van der Waals surface area contributed by atoms with Gasteiger partial charge in [0.2, 0.25) is 11.8 Å². The van der Waals surface area contributed by atoms with E-state index < -0.39 is 23.8 Å². The molecule has 0 radical (unpaired) electrons. The van der Waals surface area contributed by atoms with Gasteiger partial charge in [-0.25, -0.2) is 0 Å². The molecule has 1 aromatic rings. The number of benzene rings is 1. The molecular formula is C22H27N5O5. The first kappa shape index (κ1) is 21.2. The highest BCUT2D eigenvalue weighted by Crippen LogP contribution is 2.30. The number of piperidine rings is 1. The minimum absolute atomic E-state index is 0.0424. The topological polar surface area (TPSA) is 125 Å². The number of hydrogen-bond donors (Lipinski definition) is 2. The Hall–Kier alpha value is -2.66. The lowest BCUT2D eigenvalue weighted by Gasteiger charge is -2.38. The van der Waals surface area contributed by atoms with Gasteiger partial charge in [0.05, 0.1) is 30.4 Å². The third kappa shape index (κ3) is 3.62. The molecule has 5 rings (SSSR count). The van der Waals surface area contributed by atoms with Gasteiger partial charge in [-0.1, -0.05) is 12.1 Å². The highest BCUT2D eigenvalue weighted by molar-refractivity contribution is 6.24. The van der Waals surface area contributed by atoms with Crippen molar-refractivity contribution in [1.82, 2.24) is 20.0 Å². The van der Waals surface area contributed by atoms with E-state index in [1.165, 1.54) is 0 Å². The molecule has 3 saturated heterocycles. The van der Waals surface area contributed by atoms with E-state index >= 15 is 0 Å². The van der Waals surface area contributed by atoms with Crippen LogP contribution in [0.4, 0.5) is 0 Å². The van der Waals surface area contributed by atoms with Gasteiger partial charge in [0, 0.05) is 45.2 Å². The van der Waals surface area contributed by atoms with Gasteiger partial charge in [-0.3, -0.25) is 39.2 Å². The maximum Gasteiger partial charge on any atom is 0.262 e. The second-order valence-electron chi connectivity index (χ2n) is 8.87. The maximum absolute atomic E-state index is 13.2. The average molecular weight is 441 g/mol. The van der Waals surface area contributed by atoms with E-state index in [9.17, 15) is 19.2 Å². The van der Waals surface area contributed by atoms with Crippen LogP contribution in [-0.2, 0) is 20.9 Å². The van der Waals surface area contributed by atoms with E-state index in [1.54, 1.807) is 12.1 Å². The molecule has 0 aromatic heterocycles. The predicted octanol–water partition coefficient (Wildman–Crippen LogP) is -1.07. The zero-order valence-corrected chi connectivity index (χ0v) is 17.8. The Balaban J connectivity index is 1.30. The summed E-state index contributed by atoms with van der Waals surface area (Å²) in [5.41, 5.74) is 7.63. The van der Waals surface area contributed by atoms with E-state index in [-0.39, 0.29) is 30.8 Å². The van der Waals surface area contributed by atoms with Gasteiger partial charge in [0.25, 0.3) is 11.8 Å². The number of hydrogen-bond acceptors (Lipinski definition) is 8. The predicted molar refractivity (Wildman–Crippen MR) is 113 cm³/mol. The number of carbonyl (C=O) groups excluding carboxylic acids is 4. The first-order chi connectivity index (χ1) is 15.4. The minimum atomic E-state index is -0.950. The number of nitrogens with zero attached hydrogens (tertiary/aromatic N) is 3. The quantitative estimate of drug-likeness (QED) is 0.566. The monoisotopic (exact) mass is 441 g/mol. The normalized spacial score (nSPS) is 29.5. The van der Waals surface area contributed by atoms with E-state index in [1.807, 2.05) is 6.07 Å². The SMILES string of the molecule is N[C@@H]1COC[C@H]1N1CCN(Cc2cccc3c2C(=O)N(C2CCC(=O)NC2=O)C3=O)CC1. The highest BCUT2D eigenvalue weighted by atomic mass is 16.5. The van der Waals surface area contributed by atoms with Crippen LogP contribution in [0.1, 0.15) is 39.1 Å². The summed E-state index contributed by atoms with van der Waals surface area (Å²) in [6, 6.07) is 4.61. The molecule has 10 heteroatoms. The Bertz CT molecular complexity index is 973. The van der Waals surface area contributed by atoms with Crippen molar-refractivity contribution in [3.63, 3.8) is 0 Å². The van der Waals surface area contributed by atoms with E-state index in [0.717, 1.165) is 36.6 Å². The van der Waals surface area contributed by atoms with Crippen LogP contribution in [0.15, 0.2) is 18.2 Å². The van der Waals surface area contributed by atoms with Crippen molar-refractivity contribution in [2.45, 2.75) is 37.5 Å². The molecule has 1 aromatic carbocycles. The third-order valence-corrected chi connectivity index (χ3v) is 6.92. The van der Waals surface area contributed by atoms with Gasteiger partial charge < -0.3 is 10.5 Å². The number of nitrogens with one attached hydrogen (secondary N) is 1. The van der Waals surface area contributed by atoms with Crippen molar-refractivity contribution in [1.29, 1.82) is 0 Å². The Kier molecular flexibility index (Phi) is 5.54. The lowest BCUT2D eigenvalue weighted by molar-refractivity contribution is -0.136. The fourth-order valence-corrected chi connectivity index (χ4v) is 5.15. The zero-order chi connectivity index (χ0) is 22.4. The summed E-state index contributed by atoms with van der Waals surface area (Å²) in [5.74, 6) is -1.90. The molecule has 170 valence electrons. The van der Waals surface area contributed by atoms with Gasteiger partial charge >= 0.3 is 0 Å². The van der Waals surface area contributed by atoms with Crippen molar-refractivity contribution in [3.8, 4) is 0 Å². The molecule has 0 bridgehead atoms. The molecule has 0 aliphatic carbocycles. The lowest BCUT2D eigenvalue weighted by Crippen LogP contribution is -2.55. The number of imide groups is 2. The summed E-state index contributed by atoms with van der Waals surface area (Å²) in [6.07, 6.45) is 0.261. The van der Waals surface area contributed by atoms with Gasteiger partial charge in [0.1, 0.15) is 6.04 Å². The second-order valence-corrected chi connectivity index (χ2v) is 8.87. The maximum atomic E-state index is 13.2. The van der Waals surface area contributed by atoms with Gasteiger partial charge in [-0.2, -0.15) is 0 Å². The number of nitrogens with two attached hydrogens (primary N) is 1. The summed E-state index contributed by atoms with van der Waals surface area (Å²) in [5, 5.41) is 2.23. The van der Waals surface area contributed by atoms with Crippen molar-refractivity contribution in [3.05, 3.63) is 34.9 Å². The van der Waals surface area contributed by atoms with Crippen LogP contribution < -0.4 is 11.1 Å². The fraction of sp³-hybridized carbons (Fsp3) is 0.545. The van der Waals surface area contributed by atoms with Crippen LogP contribution in [0.2, 0.25) is 0 Å². The number of rotatable bonds is 4. The smallest absolute Gasteiger partial charge is 0.262 e. The van der Waals surface area contributed by atoms with Crippen molar-refractivity contribution in [2.75, 3.05) is 39.4 Å². The Morgan fingerprint density at radius 2 is 1.81 bits per heavy atom. The molecule has 0 spiro atoms. The molecule has 10 nitrogen and oxygen atoms in total. The number of carbonyl (C=O) groups is 4. The summed E-state index contributed by atoms with van der Waals surface area (Å²) in [6.45, 7) is 5.20. The van der Waals surface area contributed by atoms with Crippen LogP contribution in [0.5, 0.6) is 0 Å². The van der Waals surface area contributed by atoms with Crippen LogP contribution in [0.3, 0.4) is 0 Å². The van der Waals surface area contributed by atoms with Gasteiger partial charge in [0.15, 0.2) is 0 Å². The summed E-state index contributed by atoms with van der Waals surface area (Å²) in [4.78, 5) is 55.7. The molecule has 3 fully saturated rings. The molecule has 4 aliphatic rings. The highest BCUT2D eigenvalue weighted by Gasteiger charge is 2.45. The van der Waals surface area contributed by atoms with Gasteiger partial charge in [-0.05, 0) is 18.1 Å². The van der Waals surface area contributed by atoms with E-state index in [0.29, 0.717) is 30.9 Å². The molecule has 0 saturated carbocycles. The number of ether oxygens (including phenoxy) is 1. The number of piperazine rings is 1. The Morgan fingerprint density at radius 1 is 1.03 bits per heavy atom. The molecule has 4 heterocycles. The first-order valence-corrected chi connectivity index (χ1v) is 11.1. The standard InChI is InChI=1S/C22H27N5O5/c23-15-11-32-12-17(15)26-8-6-25(7-9-26)10-13-2-1-3-14-19(13)22(31)27(21(14)30)16-4-5-18(28)24-20(16)29/h1-3,15-17H,4-12,23H2,(H,24,28,29)/t15-,16?,17-/m1/s1. The third-order valence-electron chi connectivity index (χ3n) is 6.92. The summed E-state index contributed by atoms with van der Waals surface area (Å²) >= 11 is 0. The zero-order valence-electron chi connectivity index (χ0n) is 17.8. The molecule has 3 atom stereocenters. The van der Waals surface area contributed by atoms with Crippen molar-refractivity contribution in [2.24, 2.45) is 5.73 Å². The molecular weight excluding hydrogens is 414 g/mol. The molecule has 4 aliphatic heterocycles. The van der Waals surface area contributed by atoms with Crippen molar-refractivity contribution >= 4 is 23.6 Å². The summed E-state index contributed by atoms with van der Waals surface area (Å²) < 4.78 is 5.49. The largest absolute Gasteiger partial charge is 0.378 e. The van der Waals surface area contributed by atoms with E-state index in [4.69, 9.17) is 10.5 Å². The Morgan fingerprint density at radius 3 is 2.50 bits per heavy atom. The molecule has 3 N–H and O–H groups in total. The van der Waals surface area contributed by atoms with Gasteiger partial charge in [-0.15, -0.1) is 0 Å². The average Bonchev–Trinajstić information content (AvgIpc) is 3.31. The molecule has 1 unspecified atom stereocenters. The Labute approximate surface area is 185 Å². The number of fused-ring (bicyclic) bond motifs is 1. The first-order valence-electron chi connectivity index (χ1n) is 11.1. The van der Waals surface area contributed by atoms with Crippen LogP contribution in [0.25, 0.3) is 0 Å². The van der Waals surface area contributed by atoms with Crippen LogP contribution in [0, 0.1) is 0 Å². The minimum Gasteiger partial charge on any atom is -0.378 e. The van der Waals surface area contributed by atoms with Crippen LogP contribution >= 0.6 is 0 Å². The van der Waals surface area contributed by atoms with Crippen LogP contribution in [-0.4, -0.2) is 95.8 Å².